The Morgan fingerprint density at radius 1 is 1.07 bits per heavy atom. The van der Waals surface area contributed by atoms with Gasteiger partial charge in [0.25, 0.3) is 5.91 Å². The number of carbonyl (C=O) groups is 1. The van der Waals surface area contributed by atoms with Gasteiger partial charge < -0.3 is 5.11 Å². The third kappa shape index (κ3) is 4.22. The molecule has 0 fully saturated rings. The number of hydrazone groups is 1. The van der Waals surface area contributed by atoms with Crippen molar-refractivity contribution < 1.29 is 9.90 Å². The highest BCUT2D eigenvalue weighted by atomic mass is 16.3. The summed E-state index contributed by atoms with van der Waals surface area (Å²) in [7, 11) is 0. The van der Waals surface area contributed by atoms with Gasteiger partial charge >= 0.3 is 0 Å². The number of rotatable bonds is 5. The molecule has 0 atom stereocenters. The fourth-order valence-corrected chi connectivity index (χ4v) is 2.87. The Balaban J connectivity index is 1.51. The van der Waals surface area contributed by atoms with Crippen LogP contribution in [0.2, 0.25) is 0 Å². The Morgan fingerprint density at radius 3 is 2.73 bits per heavy atom. The molecule has 0 aliphatic carbocycles. The van der Waals surface area contributed by atoms with E-state index in [2.05, 4.69) is 31.0 Å². The number of aromatic nitrogens is 2. The summed E-state index contributed by atoms with van der Waals surface area (Å²) >= 11 is 0. The lowest BCUT2D eigenvalue weighted by Crippen LogP contribution is -2.18. The number of hydrogen-bond acceptors (Lipinski definition) is 6. The number of amides is 1. The van der Waals surface area contributed by atoms with Crippen molar-refractivity contribution in [2.75, 3.05) is 0 Å². The molecule has 3 N–H and O–H groups in total. The number of nitrogens with zero attached hydrogens (tertiary/aromatic N) is 4. The second kappa shape index (κ2) is 8.36. The van der Waals surface area contributed by atoms with E-state index in [0.29, 0.717) is 11.3 Å². The fourth-order valence-electron chi connectivity index (χ4n) is 2.87. The van der Waals surface area contributed by atoms with Gasteiger partial charge in [0, 0.05) is 16.6 Å². The van der Waals surface area contributed by atoms with Crippen LogP contribution < -0.4 is 5.43 Å². The van der Waals surface area contributed by atoms with E-state index in [1.807, 2.05) is 42.5 Å². The van der Waals surface area contributed by atoms with Crippen molar-refractivity contribution in [3.05, 3.63) is 83.7 Å². The van der Waals surface area contributed by atoms with Crippen molar-refractivity contribution >= 4 is 34.3 Å². The van der Waals surface area contributed by atoms with Gasteiger partial charge in [-0.3, -0.25) is 9.89 Å². The summed E-state index contributed by atoms with van der Waals surface area (Å²) in [5, 5.41) is 31.2. The number of aromatic hydroxyl groups is 1. The number of H-pyrrole nitrogens is 1. The number of azo groups is 1. The number of aryl methyl sites for hydroxylation is 1. The van der Waals surface area contributed by atoms with E-state index in [4.69, 9.17) is 0 Å². The van der Waals surface area contributed by atoms with Gasteiger partial charge in [-0.15, -0.1) is 5.11 Å². The van der Waals surface area contributed by atoms with Crippen molar-refractivity contribution in [1.82, 2.24) is 15.6 Å². The van der Waals surface area contributed by atoms with Crippen LogP contribution in [0.15, 0.2) is 82.1 Å². The highest BCUT2D eigenvalue weighted by Gasteiger charge is 2.08. The van der Waals surface area contributed by atoms with Gasteiger partial charge in [-0.2, -0.15) is 15.3 Å². The first-order valence-corrected chi connectivity index (χ1v) is 9.18. The quantitative estimate of drug-likeness (QED) is 0.256. The third-order valence-corrected chi connectivity index (χ3v) is 4.36. The van der Waals surface area contributed by atoms with Crippen LogP contribution >= 0.6 is 0 Å². The molecule has 0 aliphatic heterocycles. The van der Waals surface area contributed by atoms with Gasteiger partial charge in [-0.05, 0) is 42.6 Å². The van der Waals surface area contributed by atoms with Crippen LogP contribution in [0.25, 0.3) is 10.8 Å². The molecule has 0 spiro atoms. The van der Waals surface area contributed by atoms with Crippen molar-refractivity contribution in [2.45, 2.75) is 6.92 Å². The predicted octanol–water partition coefficient (Wildman–Crippen LogP) is 4.76. The Hall–Kier alpha value is -4.33. The summed E-state index contributed by atoms with van der Waals surface area (Å²) in [5.41, 5.74) is 5.04. The zero-order chi connectivity index (χ0) is 20.9. The first-order valence-electron chi connectivity index (χ1n) is 9.18. The minimum Gasteiger partial charge on any atom is -0.507 e. The molecule has 8 heteroatoms. The van der Waals surface area contributed by atoms with Crippen LogP contribution in [-0.4, -0.2) is 27.4 Å². The maximum absolute atomic E-state index is 12.0. The molecule has 148 valence electrons. The average molecular weight is 398 g/mol. The summed E-state index contributed by atoms with van der Waals surface area (Å²) in [6.07, 6.45) is 1.34. The van der Waals surface area contributed by atoms with E-state index in [1.165, 1.54) is 12.3 Å². The van der Waals surface area contributed by atoms with Gasteiger partial charge in [-0.1, -0.05) is 36.4 Å². The molecule has 3 aromatic carbocycles. The number of hydrogen-bond donors (Lipinski definition) is 3. The molecule has 0 unspecified atom stereocenters. The fraction of sp³-hybridized carbons (Fsp3) is 0.0455. The van der Waals surface area contributed by atoms with E-state index >= 15 is 0 Å². The van der Waals surface area contributed by atoms with Crippen LogP contribution in [0.4, 0.5) is 11.4 Å². The molecule has 0 bridgehead atoms. The van der Waals surface area contributed by atoms with E-state index in [9.17, 15) is 9.90 Å². The van der Waals surface area contributed by atoms with Gasteiger partial charge in [0.05, 0.1) is 17.6 Å². The molecule has 1 aromatic heterocycles. The molecule has 1 amide bonds. The number of nitrogens with one attached hydrogen (secondary N) is 2. The molecule has 0 radical (unpaired) electrons. The van der Waals surface area contributed by atoms with Crippen LogP contribution in [0.5, 0.6) is 5.75 Å². The number of benzene rings is 3. The second-order valence-electron chi connectivity index (χ2n) is 6.58. The minimum absolute atomic E-state index is 0.00715. The third-order valence-electron chi connectivity index (χ3n) is 4.36. The minimum atomic E-state index is -0.457. The second-order valence-corrected chi connectivity index (χ2v) is 6.58. The summed E-state index contributed by atoms with van der Waals surface area (Å²) < 4.78 is 0. The largest absolute Gasteiger partial charge is 0.507 e. The van der Waals surface area contributed by atoms with Crippen LogP contribution in [0, 0.1) is 6.92 Å². The Morgan fingerprint density at radius 2 is 1.90 bits per heavy atom. The highest BCUT2D eigenvalue weighted by molar-refractivity contribution is 5.94. The van der Waals surface area contributed by atoms with E-state index in [1.54, 1.807) is 25.1 Å². The molecule has 0 aliphatic rings. The molecule has 1 heterocycles. The van der Waals surface area contributed by atoms with Crippen molar-refractivity contribution in [3.8, 4) is 5.75 Å². The van der Waals surface area contributed by atoms with Crippen LogP contribution in [0.1, 0.15) is 21.7 Å². The van der Waals surface area contributed by atoms with Gasteiger partial charge in [0.1, 0.15) is 5.75 Å². The lowest BCUT2D eigenvalue weighted by atomic mass is 10.1. The summed E-state index contributed by atoms with van der Waals surface area (Å²) in [6, 6.07) is 20.1. The lowest BCUT2D eigenvalue weighted by Gasteiger charge is -2.02. The topological polar surface area (TPSA) is 115 Å². The monoisotopic (exact) mass is 398 g/mol. The molecule has 0 saturated carbocycles. The van der Waals surface area contributed by atoms with E-state index in [0.717, 1.165) is 22.2 Å². The summed E-state index contributed by atoms with van der Waals surface area (Å²) in [5.74, 6) is -0.449. The summed E-state index contributed by atoms with van der Waals surface area (Å²) in [4.78, 5) is 12.0. The zero-order valence-corrected chi connectivity index (χ0v) is 16.1. The predicted molar refractivity (Wildman–Crippen MR) is 115 cm³/mol. The Kier molecular flexibility index (Phi) is 5.29. The Labute approximate surface area is 172 Å². The molecule has 8 nitrogen and oxygen atoms in total. The number of carbonyl (C=O) groups excluding carboxylic acids is 1. The van der Waals surface area contributed by atoms with Gasteiger partial charge in [0.2, 0.25) is 0 Å². The number of phenolic OH excluding ortho intramolecular Hbond substituents is 1. The van der Waals surface area contributed by atoms with E-state index < -0.39 is 5.91 Å². The molecule has 30 heavy (non-hydrogen) atoms. The van der Waals surface area contributed by atoms with Crippen LogP contribution in [0.3, 0.4) is 0 Å². The van der Waals surface area contributed by atoms with Gasteiger partial charge in [-0.25, -0.2) is 5.43 Å². The van der Waals surface area contributed by atoms with Gasteiger partial charge in [0.15, 0.2) is 5.69 Å². The van der Waals surface area contributed by atoms with Crippen LogP contribution in [-0.2, 0) is 0 Å². The normalized spacial score (nSPS) is 11.5. The first kappa shape index (κ1) is 19.0. The molecular formula is C22H18N6O2. The standard InChI is InChI=1S/C22H18N6O2/c1-14-11-20(27-24-14)22(30)28-23-13-16-12-17(9-10-21(16)29)25-26-19-8-4-6-15-5-2-3-7-18(15)19/h2-13,29H,1H3,(H,24,27)(H,28,30)/b23-13+,26-25?. The average Bonchev–Trinajstić information content (AvgIpc) is 3.20. The van der Waals surface area contributed by atoms with Crippen molar-refractivity contribution in [3.63, 3.8) is 0 Å². The number of phenols is 1. The summed E-state index contributed by atoms with van der Waals surface area (Å²) in [6.45, 7) is 1.80. The highest BCUT2D eigenvalue weighted by Crippen LogP contribution is 2.28. The smallest absolute Gasteiger partial charge is 0.291 e. The SMILES string of the molecule is Cc1cc(C(=O)N/N=C/c2cc(N=Nc3cccc4ccccc34)ccc2O)n[nH]1. The maximum atomic E-state index is 12.0. The zero-order valence-electron chi connectivity index (χ0n) is 16.1. The molecule has 4 rings (SSSR count). The van der Waals surface area contributed by atoms with E-state index in [-0.39, 0.29) is 11.4 Å². The molecular weight excluding hydrogens is 380 g/mol. The number of aromatic amines is 1. The molecule has 0 saturated heterocycles. The number of fused-ring (bicyclic) bond motifs is 1. The molecule has 4 aromatic rings. The first-order chi connectivity index (χ1) is 14.6. The Bertz CT molecular complexity index is 1270. The lowest BCUT2D eigenvalue weighted by molar-refractivity contribution is 0.0950. The maximum Gasteiger partial charge on any atom is 0.291 e. The van der Waals surface area contributed by atoms with Crippen molar-refractivity contribution in [1.29, 1.82) is 0 Å². The van der Waals surface area contributed by atoms with Crippen molar-refractivity contribution in [2.24, 2.45) is 15.3 Å².